The van der Waals surface area contributed by atoms with Gasteiger partial charge < -0.3 is 15.7 Å². The average Bonchev–Trinajstić information content (AvgIpc) is 2.63. The van der Waals surface area contributed by atoms with E-state index in [2.05, 4.69) is 23.7 Å². The number of nitrogens with two attached hydrogens (primary N) is 1. The summed E-state index contributed by atoms with van der Waals surface area (Å²) in [7, 11) is 4.00. The molecule has 0 aliphatic carbocycles. The molecule has 1 heterocycles. The van der Waals surface area contributed by atoms with Crippen LogP contribution in [0.15, 0.2) is 42.7 Å². The number of hydrogen-bond donors (Lipinski definition) is 2. The first-order valence-corrected chi connectivity index (χ1v) is 9.91. The van der Waals surface area contributed by atoms with Crippen molar-refractivity contribution in [3.63, 3.8) is 0 Å². The van der Waals surface area contributed by atoms with Crippen LogP contribution in [0, 0.1) is 11.8 Å². The van der Waals surface area contributed by atoms with E-state index in [0.29, 0.717) is 17.9 Å². The third kappa shape index (κ3) is 5.69. The molecule has 6 heteroatoms. The second-order valence-corrected chi connectivity index (χ2v) is 8.32. The van der Waals surface area contributed by atoms with Crippen molar-refractivity contribution in [2.24, 2.45) is 17.6 Å². The Kier molecular flexibility index (Phi) is 7.84. The normalized spacial score (nSPS) is 14.8. The minimum absolute atomic E-state index is 0.00273. The fourth-order valence-electron chi connectivity index (χ4n) is 3.81. The highest BCUT2D eigenvalue weighted by molar-refractivity contribution is 6.32. The number of likely N-dealkylation sites (N-methyl/N-ethyl adjacent to an activating group) is 1. The number of pyridine rings is 1. The van der Waals surface area contributed by atoms with E-state index in [0.717, 1.165) is 11.1 Å². The lowest BCUT2D eigenvalue weighted by molar-refractivity contribution is -0.123. The van der Waals surface area contributed by atoms with Gasteiger partial charge in [0, 0.05) is 24.4 Å². The van der Waals surface area contributed by atoms with Gasteiger partial charge in [-0.2, -0.15) is 0 Å². The van der Waals surface area contributed by atoms with Gasteiger partial charge in [-0.05, 0) is 68.1 Å². The molecule has 1 aromatic carbocycles. The standard InChI is InChI=1S/C22H30ClN3O2/c1-14(2)21(16-6-5-9-25-13-16)18(22(24)28)12-17(26(3)4)10-15-7-8-20(27)19(23)11-15/h5-9,11,13-14,17-18,21,27H,10,12H2,1-4H3,(H2,24,28)/t17-,18?,21?/m1/s1. The minimum atomic E-state index is -0.316. The van der Waals surface area contributed by atoms with Gasteiger partial charge >= 0.3 is 0 Å². The number of carbonyl (C=O) groups excluding carboxylic acids is 1. The lowest BCUT2D eigenvalue weighted by Gasteiger charge is -2.33. The lowest BCUT2D eigenvalue weighted by Crippen LogP contribution is -2.39. The minimum Gasteiger partial charge on any atom is -0.506 e. The van der Waals surface area contributed by atoms with E-state index >= 15 is 0 Å². The zero-order chi connectivity index (χ0) is 20.8. The maximum Gasteiger partial charge on any atom is 0.221 e. The fraction of sp³-hybridized carbons (Fsp3) is 0.455. The number of aromatic hydroxyl groups is 1. The van der Waals surface area contributed by atoms with Crippen LogP contribution in [0.3, 0.4) is 0 Å². The highest BCUT2D eigenvalue weighted by Gasteiger charge is 2.33. The fourth-order valence-corrected chi connectivity index (χ4v) is 4.02. The number of nitrogens with zero attached hydrogens (tertiary/aromatic N) is 2. The second kappa shape index (κ2) is 9.89. The maximum absolute atomic E-state index is 12.5. The van der Waals surface area contributed by atoms with Gasteiger partial charge in [0.25, 0.3) is 0 Å². The molecule has 0 aliphatic heterocycles. The third-order valence-corrected chi connectivity index (χ3v) is 5.63. The monoisotopic (exact) mass is 403 g/mol. The first kappa shape index (κ1) is 22.2. The topological polar surface area (TPSA) is 79.5 Å². The number of benzene rings is 1. The van der Waals surface area contributed by atoms with Gasteiger partial charge in [-0.1, -0.05) is 37.6 Å². The van der Waals surface area contributed by atoms with Crippen molar-refractivity contribution in [3.8, 4) is 5.75 Å². The lowest BCUT2D eigenvalue weighted by atomic mass is 9.75. The zero-order valence-corrected chi connectivity index (χ0v) is 17.7. The Hall–Kier alpha value is -2.11. The van der Waals surface area contributed by atoms with Crippen LogP contribution < -0.4 is 5.73 Å². The molecule has 0 saturated carbocycles. The quantitative estimate of drug-likeness (QED) is 0.666. The number of carbonyl (C=O) groups is 1. The van der Waals surface area contributed by atoms with Gasteiger partial charge in [-0.3, -0.25) is 9.78 Å². The van der Waals surface area contributed by atoms with Crippen LogP contribution in [0.25, 0.3) is 0 Å². The van der Waals surface area contributed by atoms with Crippen LogP contribution >= 0.6 is 11.6 Å². The van der Waals surface area contributed by atoms with Crippen molar-refractivity contribution < 1.29 is 9.90 Å². The summed E-state index contributed by atoms with van der Waals surface area (Å²) in [4.78, 5) is 18.8. The van der Waals surface area contributed by atoms with E-state index in [4.69, 9.17) is 17.3 Å². The predicted molar refractivity (Wildman–Crippen MR) is 113 cm³/mol. The highest BCUT2D eigenvalue weighted by Crippen LogP contribution is 2.35. The molecule has 3 atom stereocenters. The van der Waals surface area contributed by atoms with Crippen LogP contribution in [0.5, 0.6) is 5.75 Å². The molecule has 152 valence electrons. The maximum atomic E-state index is 12.5. The summed E-state index contributed by atoms with van der Waals surface area (Å²) < 4.78 is 0. The number of phenols is 1. The molecule has 0 saturated heterocycles. The molecule has 0 spiro atoms. The molecule has 0 radical (unpaired) electrons. The first-order valence-electron chi connectivity index (χ1n) is 9.53. The van der Waals surface area contributed by atoms with Crippen molar-refractivity contribution in [1.29, 1.82) is 0 Å². The summed E-state index contributed by atoms with van der Waals surface area (Å²) >= 11 is 6.06. The molecule has 2 rings (SSSR count). The van der Waals surface area contributed by atoms with E-state index in [9.17, 15) is 9.90 Å². The molecule has 3 N–H and O–H groups in total. The van der Waals surface area contributed by atoms with E-state index in [1.54, 1.807) is 18.3 Å². The number of rotatable bonds is 9. The van der Waals surface area contributed by atoms with Crippen LogP contribution in [0.4, 0.5) is 0 Å². The Bertz CT molecular complexity index is 781. The summed E-state index contributed by atoms with van der Waals surface area (Å²) in [5.74, 6) is -0.301. The number of primary amides is 1. The summed E-state index contributed by atoms with van der Waals surface area (Å²) in [5.41, 5.74) is 7.91. The number of amides is 1. The summed E-state index contributed by atoms with van der Waals surface area (Å²) in [5, 5.41) is 9.99. The van der Waals surface area contributed by atoms with Gasteiger partial charge in [0.1, 0.15) is 5.75 Å². The SMILES string of the molecule is CC(C)C(c1cccnc1)C(C[C@@H](Cc1ccc(O)c(Cl)c1)N(C)C)C(N)=O. The molecule has 2 aromatic rings. The van der Waals surface area contributed by atoms with Crippen molar-refractivity contribution in [3.05, 3.63) is 58.9 Å². The Morgan fingerprint density at radius 3 is 2.50 bits per heavy atom. The van der Waals surface area contributed by atoms with Gasteiger partial charge in [-0.25, -0.2) is 0 Å². The second-order valence-electron chi connectivity index (χ2n) is 7.91. The van der Waals surface area contributed by atoms with Crippen LogP contribution in [0.1, 0.15) is 37.3 Å². The van der Waals surface area contributed by atoms with E-state index in [1.807, 2.05) is 38.5 Å². The first-order chi connectivity index (χ1) is 13.2. The van der Waals surface area contributed by atoms with Crippen LogP contribution in [0.2, 0.25) is 5.02 Å². The predicted octanol–water partition coefficient (Wildman–Crippen LogP) is 3.84. The number of hydrogen-bond acceptors (Lipinski definition) is 4. The zero-order valence-electron chi connectivity index (χ0n) is 17.0. The Morgan fingerprint density at radius 2 is 2.00 bits per heavy atom. The van der Waals surface area contributed by atoms with Crippen molar-refractivity contribution >= 4 is 17.5 Å². The third-order valence-electron chi connectivity index (χ3n) is 5.33. The van der Waals surface area contributed by atoms with Crippen molar-refractivity contribution in [1.82, 2.24) is 9.88 Å². The van der Waals surface area contributed by atoms with E-state index in [1.165, 1.54) is 0 Å². The van der Waals surface area contributed by atoms with Crippen LogP contribution in [-0.4, -0.2) is 41.0 Å². The van der Waals surface area contributed by atoms with Crippen LogP contribution in [-0.2, 0) is 11.2 Å². The van der Waals surface area contributed by atoms with Crippen molar-refractivity contribution in [2.45, 2.75) is 38.6 Å². The van der Waals surface area contributed by atoms with Gasteiger partial charge in [-0.15, -0.1) is 0 Å². The molecule has 28 heavy (non-hydrogen) atoms. The Morgan fingerprint density at radius 1 is 1.29 bits per heavy atom. The smallest absolute Gasteiger partial charge is 0.221 e. The molecule has 0 fully saturated rings. The van der Waals surface area contributed by atoms with Gasteiger partial charge in [0.05, 0.1) is 5.02 Å². The molecule has 0 bridgehead atoms. The molecule has 2 unspecified atom stereocenters. The highest BCUT2D eigenvalue weighted by atomic mass is 35.5. The molecular weight excluding hydrogens is 374 g/mol. The van der Waals surface area contributed by atoms with Gasteiger partial charge in [0.2, 0.25) is 5.91 Å². The Labute approximate surface area is 172 Å². The molecular formula is C22H30ClN3O2. The molecule has 1 amide bonds. The summed E-state index contributed by atoms with van der Waals surface area (Å²) in [6.07, 6.45) is 4.88. The molecule has 0 aliphatic rings. The number of aromatic nitrogens is 1. The summed E-state index contributed by atoms with van der Waals surface area (Å²) in [6, 6.07) is 9.23. The van der Waals surface area contributed by atoms with Crippen molar-refractivity contribution in [2.75, 3.05) is 14.1 Å². The number of phenolic OH excluding ortho intramolecular Hbond substituents is 1. The average molecular weight is 404 g/mol. The Balaban J connectivity index is 2.29. The van der Waals surface area contributed by atoms with E-state index < -0.39 is 0 Å². The van der Waals surface area contributed by atoms with E-state index in [-0.39, 0.29) is 35.5 Å². The molecule has 5 nitrogen and oxygen atoms in total. The van der Waals surface area contributed by atoms with Gasteiger partial charge in [0.15, 0.2) is 0 Å². The molecule has 1 aromatic heterocycles. The summed E-state index contributed by atoms with van der Waals surface area (Å²) in [6.45, 7) is 4.22. The largest absolute Gasteiger partial charge is 0.506 e. The number of halogens is 1.